The second-order valence-electron chi connectivity index (χ2n) is 5.00. The molecule has 5 nitrogen and oxygen atoms in total. The average molecular weight is 252 g/mol. The van der Waals surface area contributed by atoms with Crippen molar-refractivity contribution in [1.82, 2.24) is 4.98 Å². The maximum atomic E-state index is 10.8. The van der Waals surface area contributed by atoms with E-state index in [1.54, 1.807) is 26.2 Å². The molecule has 0 radical (unpaired) electrons. The van der Waals surface area contributed by atoms with E-state index < -0.39 is 11.7 Å². The van der Waals surface area contributed by atoms with Gasteiger partial charge >= 0.3 is 6.09 Å². The summed E-state index contributed by atoms with van der Waals surface area (Å²) in [6.07, 6.45) is 3.91. The molecule has 3 N–H and O–H groups in total. The zero-order chi connectivity index (χ0) is 13.6. The third-order valence-electron chi connectivity index (χ3n) is 2.66. The molecule has 1 atom stereocenters. The number of amides is 1. The number of pyridine rings is 1. The van der Waals surface area contributed by atoms with Crippen LogP contribution in [0.1, 0.15) is 25.8 Å². The Bertz CT molecular complexity index is 379. The van der Waals surface area contributed by atoms with Crippen LogP contribution in [0, 0.1) is 5.92 Å². The fourth-order valence-electron chi connectivity index (χ4n) is 2.06. The van der Waals surface area contributed by atoms with Crippen molar-refractivity contribution in [3.63, 3.8) is 0 Å². The molecule has 0 fully saturated rings. The molecule has 1 aromatic heterocycles. The first-order chi connectivity index (χ1) is 8.43. The van der Waals surface area contributed by atoms with E-state index in [4.69, 9.17) is 10.5 Å². The molecule has 0 aliphatic heterocycles. The first-order valence-electron chi connectivity index (χ1n) is 5.91. The number of rotatable bonds is 6. The Morgan fingerprint density at radius 3 is 2.83 bits per heavy atom. The van der Waals surface area contributed by atoms with Gasteiger partial charge in [-0.15, -0.1) is 0 Å². The zero-order valence-corrected chi connectivity index (χ0v) is 10.8. The van der Waals surface area contributed by atoms with Gasteiger partial charge in [0.1, 0.15) is 5.60 Å². The van der Waals surface area contributed by atoms with Crippen LogP contribution in [-0.2, 0) is 11.2 Å². The number of nitrogens with zero attached hydrogens (tertiary/aromatic N) is 1. The Morgan fingerprint density at radius 2 is 2.33 bits per heavy atom. The normalized spacial score (nSPS) is 13.1. The van der Waals surface area contributed by atoms with Crippen molar-refractivity contribution >= 4 is 6.09 Å². The lowest BCUT2D eigenvalue weighted by Gasteiger charge is -2.28. The van der Waals surface area contributed by atoms with Crippen LogP contribution in [0.3, 0.4) is 0 Å². The first-order valence-corrected chi connectivity index (χ1v) is 5.91. The Hall–Kier alpha value is -1.62. The molecule has 5 heteroatoms. The highest BCUT2D eigenvalue weighted by Gasteiger charge is 2.26. The van der Waals surface area contributed by atoms with Crippen molar-refractivity contribution in [2.45, 2.75) is 32.3 Å². The number of aliphatic hydroxyl groups excluding tert-OH is 1. The van der Waals surface area contributed by atoms with Crippen LogP contribution in [0.15, 0.2) is 24.5 Å². The van der Waals surface area contributed by atoms with Crippen molar-refractivity contribution < 1.29 is 14.6 Å². The highest BCUT2D eigenvalue weighted by molar-refractivity contribution is 5.65. The van der Waals surface area contributed by atoms with Crippen molar-refractivity contribution in [3.8, 4) is 0 Å². The van der Waals surface area contributed by atoms with Gasteiger partial charge in [0.15, 0.2) is 0 Å². The molecule has 0 aromatic carbocycles. The van der Waals surface area contributed by atoms with Gasteiger partial charge in [0, 0.05) is 19.0 Å². The lowest BCUT2D eigenvalue weighted by molar-refractivity contribution is 0.0185. The van der Waals surface area contributed by atoms with Crippen LogP contribution in [-0.4, -0.2) is 28.4 Å². The minimum absolute atomic E-state index is 0.00329. The third-order valence-corrected chi connectivity index (χ3v) is 2.66. The molecule has 0 aliphatic rings. The molecular weight excluding hydrogens is 232 g/mol. The SMILES string of the molecule is CC(C)(CC(CO)Cc1cccnc1)OC(N)=O. The van der Waals surface area contributed by atoms with Crippen LogP contribution in [0.4, 0.5) is 4.79 Å². The van der Waals surface area contributed by atoms with Gasteiger partial charge in [-0.3, -0.25) is 4.98 Å². The molecule has 0 bridgehead atoms. The fourth-order valence-corrected chi connectivity index (χ4v) is 2.06. The molecular formula is C13H20N2O3. The van der Waals surface area contributed by atoms with Gasteiger partial charge in [0.25, 0.3) is 0 Å². The summed E-state index contributed by atoms with van der Waals surface area (Å²) in [5, 5.41) is 9.39. The fraction of sp³-hybridized carbons (Fsp3) is 0.538. The maximum absolute atomic E-state index is 10.8. The molecule has 18 heavy (non-hydrogen) atoms. The lowest BCUT2D eigenvalue weighted by Crippen LogP contribution is -2.34. The van der Waals surface area contributed by atoms with E-state index in [0.717, 1.165) is 5.56 Å². The molecule has 1 heterocycles. The second kappa shape index (κ2) is 6.35. The van der Waals surface area contributed by atoms with Gasteiger partial charge in [-0.1, -0.05) is 6.07 Å². The predicted octanol–water partition coefficient (Wildman–Crippen LogP) is 1.50. The molecule has 1 amide bonds. The van der Waals surface area contributed by atoms with E-state index in [1.807, 2.05) is 12.1 Å². The van der Waals surface area contributed by atoms with Crippen LogP contribution in [0.2, 0.25) is 0 Å². The molecule has 1 aromatic rings. The minimum atomic E-state index is -0.793. The van der Waals surface area contributed by atoms with Crippen LogP contribution in [0.25, 0.3) is 0 Å². The van der Waals surface area contributed by atoms with E-state index in [1.165, 1.54) is 0 Å². The topological polar surface area (TPSA) is 85.4 Å². The Morgan fingerprint density at radius 1 is 1.61 bits per heavy atom. The standard InChI is InChI=1S/C13H20N2O3/c1-13(2,18-12(14)17)7-11(9-16)6-10-4-3-5-15-8-10/h3-5,8,11,16H,6-7,9H2,1-2H3,(H2,14,17). The highest BCUT2D eigenvalue weighted by Crippen LogP contribution is 2.23. The van der Waals surface area contributed by atoms with E-state index in [9.17, 15) is 9.90 Å². The lowest BCUT2D eigenvalue weighted by atomic mass is 9.89. The van der Waals surface area contributed by atoms with Gasteiger partial charge in [-0.05, 0) is 44.2 Å². The van der Waals surface area contributed by atoms with E-state index in [0.29, 0.717) is 12.8 Å². The van der Waals surface area contributed by atoms with Gasteiger partial charge in [-0.25, -0.2) is 4.79 Å². The van der Waals surface area contributed by atoms with Crippen LogP contribution >= 0.6 is 0 Å². The number of hydrogen-bond donors (Lipinski definition) is 2. The predicted molar refractivity (Wildman–Crippen MR) is 67.9 cm³/mol. The van der Waals surface area contributed by atoms with E-state index >= 15 is 0 Å². The van der Waals surface area contributed by atoms with Gasteiger partial charge < -0.3 is 15.6 Å². The summed E-state index contributed by atoms with van der Waals surface area (Å²) in [5.41, 5.74) is 5.38. The molecule has 1 unspecified atom stereocenters. The summed E-state index contributed by atoms with van der Waals surface area (Å²) in [6.45, 7) is 3.59. The number of primary amides is 1. The number of ether oxygens (including phenoxy) is 1. The number of carbonyl (C=O) groups excluding carboxylic acids is 1. The zero-order valence-electron chi connectivity index (χ0n) is 10.8. The minimum Gasteiger partial charge on any atom is -0.444 e. The van der Waals surface area contributed by atoms with Crippen molar-refractivity contribution in [2.24, 2.45) is 11.7 Å². The summed E-state index contributed by atoms with van der Waals surface area (Å²) < 4.78 is 5.02. The van der Waals surface area contributed by atoms with E-state index in [2.05, 4.69) is 4.98 Å². The Kier molecular flexibility index (Phi) is 5.09. The van der Waals surface area contributed by atoms with Crippen molar-refractivity contribution in [2.75, 3.05) is 6.61 Å². The second-order valence-corrected chi connectivity index (χ2v) is 5.00. The Balaban J connectivity index is 2.59. The van der Waals surface area contributed by atoms with Crippen LogP contribution in [0.5, 0.6) is 0 Å². The highest BCUT2D eigenvalue weighted by atomic mass is 16.6. The summed E-state index contributed by atoms with van der Waals surface area (Å²) in [5.74, 6) is 0.00329. The van der Waals surface area contributed by atoms with Crippen molar-refractivity contribution in [1.29, 1.82) is 0 Å². The van der Waals surface area contributed by atoms with Gasteiger partial charge in [-0.2, -0.15) is 0 Å². The van der Waals surface area contributed by atoms with Gasteiger partial charge in [0.05, 0.1) is 0 Å². The molecule has 0 aliphatic carbocycles. The monoisotopic (exact) mass is 252 g/mol. The largest absolute Gasteiger partial charge is 0.444 e. The maximum Gasteiger partial charge on any atom is 0.405 e. The molecule has 0 spiro atoms. The Labute approximate surface area is 107 Å². The first kappa shape index (κ1) is 14.4. The molecule has 0 saturated heterocycles. The van der Waals surface area contributed by atoms with E-state index in [-0.39, 0.29) is 12.5 Å². The quantitative estimate of drug-likeness (QED) is 0.803. The summed E-state index contributed by atoms with van der Waals surface area (Å²) in [6, 6.07) is 3.81. The number of carbonyl (C=O) groups is 1. The third kappa shape index (κ3) is 5.14. The average Bonchev–Trinajstić information content (AvgIpc) is 2.27. The summed E-state index contributed by atoms with van der Waals surface area (Å²) in [4.78, 5) is 14.8. The number of hydrogen-bond acceptors (Lipinski definition) is 4. The number of aromatic nitrogens is 1. The smallest absolute Gasteiger partial charge is 0.405 e. The molecule has 1 rings (SSSR count). The summed E-state index contributed by atoms with van der Waals surface area (Å²) >= 11 is 0. The number of aliphatic hydroxyl groups is 1. The molecule has 0 saturated carbocycles. The number of nitrogens with two attached hydrogens (primary N) is 1. The van der Waals surface area contributed by atoms with Crippen LogP contribution < -0.4 is 5.73 Å². The van der Waals surface area contributed by atoms with Crippen molar-refractivity contribution in [3.05, 3.63) is 30.1 Å². The molecule has 100 valence electrons. The van der Waals surface area contributed by atoms with Gasteiger partial charge in [0.2, 0.25) is 0 Å². The summed E-state index contributed by atoms with van der Waals surface area (Å²) in [7, 11) is 0.